The van der Waals surface area contributed by atoms with Gasteiger partial charge in [0, 0.05) is 42.2 Å². The number of likely N-dealkylation sites (tertiary alicyclic amines) is 1. The molecule has 1 N–H and O–H groups in total. The van der Waals surface area contributed by atoms with Gasteiger partial charge in [-0.15, -0.1) is 0 Å². The molecule has 1 aliphatic carbocycles. The summed E-state index contributed by atoms with van der Waals surface area (Å²) >= 11 is 0. The largest absolute Gasteiger partial charge is 0.427 e. The van der Waals surface area contributed by atoms with E-state index in [1.165, 1.54) is 19.0 Å². The van der Waals surface area contributed by atoms with E-state index in [-0.39, 0.29) is 23.3 Å². The Hall–Kier alpha value is -3.18. The number of nitrogens with one attached hydrogen (secondary N) is 1. The van der Waals surface area contributed by atoms with Crippen molar-refractivity contribution in [1.29, 1.82) is 0 Å². The van der Waals surface area contributed by atoms with E-state index in [4.69, 9.17) is 4.74 Å². The molecule has 0 aromatic heterocycles. The van der Waals surface area contributed by atoms with Gasteiger partial charge in [-0.05, 0) is 59.9 Å². The molecule has 4 atom stereocenters. The van der Waals surface area contributed by atoms with Crippen LogP contribution in [0.15, 0.2) is 66.7 Å². The number of hydrogen-bond donors (Lipinski definition) is 1. The first kappa shape index (κ1) is 26.4. The molecule has 1 heterocycles. The molecule has 2 fully saturated rings. The van der Waals surface area contributed by atoms with Crippen molar-refractivity contribution in [3.8, 4) is 5.75 Å². The summed E-state index contributed by atoms with van der Waals surface area (Å²) in [5.74, 6) is 1.47. The fraction of sp³-hybridized carbons (Fsp3) is 0.455. The number of carbonyl (C=O) groups excluding carboxylic acids is 2. The predicted octanol–water partition coefficient (Wildman–Crippen LogP) is 6.11. The van der Waals surface area contributed by atoms with Crippen molar-refractivity contribution in [2.75, 3.05) is 26.7 Å². The maximum absolute atomic E-state index is 13.4. The Kier molecular flexibility index (Phi) is 7.32. The lowest BCUT2D eigenvalue weighted by Crippen LogP contribution is -2.62. The smallest absolute Gasteiger partial charge is 0.308 e. The molecule has 1 unspecified atom stereocenters. The average molecular weight is 514 g/mol. The highest BCUT2D eigenvalue weighted by molar-refractivity contribution is 5.98. The summed E-state index contributed by atoms with van der Waals surface area (Å²) < 4.78 is 6.59. The molecule has 38 heavy (non-hydrogen) atoms. The zero-order valence-electron chi connectivity index (χ0n) is 23.2. The number of benzene rings is 3. The van der Waals surface area contributed by atoms with Crippen molar-refractivity contribution in [3.05, 3.63) is 77.9 Å². The first-order chi connectivity index (χ1) is 18.2. The first-order valence-electron chi connectivity index (χ1n) is 14.1. The van der Waals surface area contributed by atoms with Crippen molar-refractivity contribution >= 4 is 22.6 Å². The van der Waals surface area contributed by atoms with Crippen molar-refractivity contribution in [3.63, 3.8) is 0 Å². The fourth-order valence-electron chi connectivity index (χ4n) is 7.36. The van der Waals surface area contributed by atoms with Crippen molar-refractivity contribution in [2.45, 2.75) is 57.9 Å². The van der Waals surface area contributed by atoms with Crippen LogP contribution in [-0.4, -0.2) is 49.1 Å². The molecule has 1 saturated carbocycles. The van der Waals surface area contributed by atoms with Crippen LogP contribution in [0.5, 0.6) is 5.75 Å². The van der Waals surface area contributed by atoms with Crippen LogP contribution in [-0.2, 0) is 10.2 Å². The number of hydrogen-bond acceptors (Lipinski definition) is 3. The minimum Gasteiger partial charge on any atom is -0.427 e. The standard InChI is InChI=1S/C33H40N2O3/c1-23(2)21-35(4)17-16-33(28-10-7-11-31(19-28)38-24(3)36)20-30(15-14-29(33)22-35)34-32(37)27-13-12-25-8-5-6-9-26(25)18-27/h5-13,18-19,23,29-30H,14-17,20-22H2,1-4H3/p+1/t29?,30-,33+,35-/m0/s1. The highest BCUT2D eigenvalue weighted by atomic mass is 16.5. The lowest BCUT2D eigenvalue weighted by Gasteiger charge is -2.55. The van der Waals surface area contributed by atoms with E-state index in [9.17, 15) is 9.59 Å². The van der Waals surface area contributed by atoms with Crippen LogP contribution < -0.4 is 10.1 Å². The third kappa shape index (κ3) is 5.49. The fourth-order valence-corrected chi connectivity index (χ4v) is 7.36. The zero-order chi connectivity index (χ0) is 26.9. The molecule has 3 aromatic carbocycles. The Bertz CT molecular complexity index is 1330. The Morgan fingerprint density at radius 1 is 1.03 bits per heavy atom. The van der Waals surface area contributed by atoms with Crippen molar-refractivity contribution in [1.82, 2.24) is 5.32 Å². The van der Waals surface area contributed by atoms with Crippen molar-refractivity contribution < 1.29 is 18.8 Å². The summed E-state index contributed by atoms with van der Waals surface area (Å²) in [5, 5.41) is 5.62. The number of quaternary nitrogens is 1. The molecule has 0 spiro atoms. The highest BCUT2D eigenvalue weighted by Crippen LogP contribution is 2.51. The molecular formula is C33H41N2O3+. The van der Waals surface area contributed by atoms with Gasteiger partial charge in [0.15, 0.2) is 0 Å². The molecule has 2 aliphatic rings. The van der Waals surface area contributed by atoms with Crippen LogP contribution in [0.1, 0.15) is 62.4 Å². The quantitative estimate of drug-likeness (QED) is 0.246. The normalized spacial score (nSPS) is 27.1. The second-order valence-corrected chi connectivity index (χ2v) is 12.3. The summed E-state index contributed by atoms with van der Waals surface area (Å²) in [6, 6.07) is 22.3. The third-order valence-electron chi connectivity index (χ3n) is 8.84. The van der Waals surface area contributed by atoms with E-state index in [0.29, 0.717) is 23.1 Å². The van der Waals surface area contributed by atoms with Crippen LogP contribution in [0.25, 0.3) is 10.8 Å². The molecule has 5 heteroatoms. The van der Waals surface area contributed by atoms with E-state index in [2.05, 4.69) is 50.5 Å². The Morgan fingerprint density at radius 2 is 1.82 bits per heavy atom. The summed E-state index contributed by atoms with van der Waals surface area (Å²) in [6.45, 7) is 9.50. The molecule has 0 bridgehead atoms. The second-order valence-electron chi connectivity index (χ2n) is 12.3. The number of amides is 1. The maximum Gasteiger partial charge on any atom is 0.308 e. The number of ether oxygens (including phenoxy) is 1. The van der Waals surface area contributed by atoms with Gasteiger partial charge in [-0.25, -0.2) is 0 Å². The number of rotatable bonds is 6. The molecule has 200 valence electrons. The maximum atomic E-state index is 13.4. The molecule has 0 radical (unpaired) electrons. The van der Waals surface area contributed by atoms with E-state index >= 15 is 0 Å². The summed E-state index contributed by atoms with van der Waals surface area (Å²) in [7, 11) is 2.41. The monoisotopic (exact) mass is 513 g/mol. The van der Waals surface area contributed by atoms with Crippen molar-refractivity contribution in [2.24, 2.45) is 11.8 Å². The van der Waals surface area contributed by atoms with Gasteiger partial charge in [-0.2, -0.15) is 0 Å². The molecule has 5 rings (SSSR count). The lowest BCUT2D eigenvalue weighted by molar-refractivity contribution is -0.922. The highest BCUT2D eigenvalue weighted by Gasteiger charge is 2.52. The van der Waals surface area contributed by atoms with Crippen LogP contribution in [0.4, 0.5) is 0 Å². The molecule has 1 saturated heterocycles. The topological polar surface area (TPSA) is 55.4 Å². The van der Waals surface area contributed by atoms with Gasteiger partial charge in [0.2, 0.25) is 0 Å². The number of piperidine rings is 1. The van der Waals surface area contributed by atoms with Crippen LogP contribution in [0.3, 0.4) is 0 Å². The Morgan fingerprint density at radius 3 is 2.58 bits per heavy atom. The van der Waals surface area contributed by atoms with E-state index in [0.717, 1.165) is 54.0 Å². The molecule has 1 amide bonds. The Balaban J connectivity index is 1.42. The lowest BCUT2D eigenvalue weighted by atomic mass is 9.57. The number of nitrogens with zero attached hydrogens (tertiary/aromatic N) is 1. The third-order valence-corrected chi connectivity index (χ3v) is 8.84. The van der Waals surface area contributed by atoms with Gasteiger partial charge in [0.05, 0.1) is 26.7 Å². The minimum absolute atomic E-state index is 0.000691. The molecule has 1 aliphatic heterocycles. The SMILES string of the molecule is CC(=O)Oc1cccc([C@]23CC[N@@+](C)(CC(C)C)CC2CC[C@H](NC(=O)c2ccc4ccccc4c2)C3)c1. The molecule has 5 nitrogen and oxygen atoms in total. The van der Waals surface area contributed by atoms with E-state index in [1.54, 1.807) is 0 Å². The first-order valence-corrected chi connectivity index (χ1v) is 14.1. The van der Waals surface area contributed by atoms with E-state index < -0.39 is 0 Å². The number of carbonyl (C=O) groups is 2. The number of fused-ring (bicyclic) bond motifs is 2. The van der Waals surface area contributed by atoms with Crippen LogP contribution in [0, 0.1) is 11.8 Å². The molecule has 3 aromatic rings. The van der Waals surface area contributed by atoms with Crippen LogP contribution in [0.2, 0.25) is 0 Å². The van der Waals surface area contributed by atoms with Gasteiger partial charge in [0.1, 0.15) is 5.75 Å². The summed E-state index contributed by atoms with van der Waals surface area (Å²) in [5.41, 5.74) is 1.90. The zero-order valence-corrected chi connectivity index (χ0v) is 23.2. The average Bonchev–Trinajstić information content (AvgIpc) is 2.88. The minimum atomic E-state index is -0.301. The Labute approximate surface area is 226 Å². The van der Waals surface area contributed by atoms with Gasteiger partial charge in [0.25, 0.3) is 5.91 Å². The predicted molar refractivity (Wildman–Crippen MR) is 152 cm³/mol. The van der Waals surface area contributed by atoms with Gasteiger partial charge in [-0.3, -0.25) is 9.59 Å². The summed E-state index contributed by atoms with van der Waals surface area (Å²) in [6.07, 6.45) is 4.03. The number of esters is 1. The molecular weight excluding hydrogens is 472 g/mol. The van der Waals surface area contributed by atoms with Crippen LogP contribution >= 0.6 is 0 Å². The second kappa shape index (κ2) is 10.5. The summed E-state index contributed by atoms with van der Waals surface area (Å²) in [4.78, 5) is 25.1. The van der Waals surface area contributed by atoms with E-state index in [1.807, 2.05) is 42.5 Å². The van der Waals surface area contributed by atoms with Gasteiger partial charge < -0.3 is 14.5 Å². The van der Waals surface area contributed by atoms with Gasteiger partial charge in [-0.1, -0.05) is 56.3 Å². The van der Waals surface area contributed by atoms with Gasteiger partial charge >= 0.3 is 5.97 Å².